The molecule has 0 bridgehead atoms. The summed E-state index contributed by atoms with van der Waals surface area (Å²) in [5, 5.41) is 3.32. The zero-order valence-electron chi connectivity index (χ0n) is 12.4. The molecule has 0 spiro atoms. The number of hydrogen-bond acceptors (Lipinski definition) is 1. The molecule has 0 saturated carbocycles. The first-order valence-corrected chi connectivity index (χ1v) is 6.32. The van der Waals surface area contributed by atoms with Crippen molar-refractivity contribution in [2.45, 2.75) is 72.3 Å². The Morgan fingerprint density at radius 3 is 1.76 bits per heavy atom. The topological polar surface area (TPSA) is 37.8 Å². The molecule has 1 aromatic rings. The van der Waals surface area contributed by atoms with Crippen LogP contribution in [0.4, 0.5) is 0 Å². The minimum absolute atomic E-state index is 0.0325. The first kappa shape index (κ1) is 14.1. The van der Waals surface area contributed by atoms with Gasteiger partial charge in [-0.2, -0.15) is 0 Å². The molecule has 17 heavy (non-hydrogen) atoms. The first-order valence-electron chi connectivity index (χ1n) is 6.32. The minimum Gasteiger partial charge on any atom is -0.298 e. The Bertz CT molecular complexity index is 450. The third-order valence-electron chi connectivity index (χ3n) is 2.92. The SMILES string of the molecule is CC(C)c1c(C(C)(C)C)[nH]n(C(C)(C)C)c1=O. The Balaban J connectivity index is 3.59. The summed E-state index contributed by atoms with van der Waals surface area (Å²) < 4.78 is 1.75. The molecule has 1 rings (SSSR count). The third-order valence-corrected chi connectivity index (χ3v) is 2.92. The highest BCUT2D eigenvalue weighted by atomic mass is 16.1. The molecule has 0 unspecified atom stereocenters. The monoisotopic (exact) mass is 238 g/mol. The molecule has 0 aliphatic heterocycles. The molecular formula is C14H26N2O. The molecular weight excluding hydrogens is 212 g/mol. The summed E-state index contributed by atoms with van der Waals surface area (Å²) in [6.07, 6.45) is 0. The summed E-state index contributed by atoms with van der Waals surface area (Å²) in [5.74, 6) is 0.247. The van der Waals surface area contributed by atoms with Gasteiger partial charge in [0.25, 0.3) is 5.56 Å². The van der Waals surface area contributed by atoms with Gasteiger partial charge in [-0.15, -0.1) is 0 Å². The van der Waals surface area contributed by atoms with E-state index in [2.05, 4.69) is 39.7 Å². The highest BCUT2D eigenvalue weighted by molar-refractivity contribution is 5.27. The Hall–Kier alpha value is -0.990. The third kappa shape index (κ3) is 2.64. The molecule has 0 fully saturated rings. The average Bonchev–Trinajstić information content (AvgIpc) is 2.40. The van der Waals surface area contributed by atoms with Crippen LogP contribution < -0.4 is 5.56 Å². The lowest BCUT2D eigenvalue weighted by Gasteiger charge is -2.22. The van der Waals surface area contributed by atoms with Crippen molar-refractivity contribution in [3.05, 3.63) is 21.6 Å². The van der Waals surface area contributed by atoms with Crippen LogP contribution in [0.25, 0.3) is 0 Å². The molecule has 0 aliphatic carbocycles. The van der Waals surface area contributed by atoms with Crippen molar-refractivity contribution in [1.29, 1.82) is 0 Å². The number of nitrogens with one attached hydrogen (secondary N) is 1. The normalized spacial score (nSPS) is 13.5. The molecule has 0 aromatic carbocycles. The Labute approximate surface area is 104 Å². The number of nitrogens with zero attached hydrogens (tertiary/aromatic N) is 1. The van der Waals surface area contributed by atoms with Crippen molar-refractivity contribution in [2.75, 3.05) is 0 Å². The summed E-state index contributed by atoms with van der Waals surface area (Å²) in [7, 11) is 0. The fourth-order valence-corrected chi connectivity index (χ4v) is 2.03. The van der Waals surface area contributed by atoms with E-state index in [0.717, 1.165) is 11.3 Å². The molecule has 3 nitrogen and oxygen atoms in total. The van der Waals surface area contributed by atoms with Gasteiger partial charge in [-0.3, -0.25) is 9.89 Å². The summed E-state index contributed by atoms with van der Waals surface area (Å²) in [6, 6.07) is 0. The van der Waals surface area contributed by atoms with E-state index in [1.54, 1.807) is 4.68 Å². The molecule has 98 valence electrons. The second-order valence-corrected chi connectivity index (χ2v) is 7.12. The number of aromatic nitrogens is 2. The fraction of sp³-hybridized carbons (Fsp3) is 0.786. The van der Waals surface area contributed by atoms with Crippen molar-refractivity contribution in [3.63, 3.8) is 0 Å². The molecule has 0 atom stereocenters. The van der Waals surface area contributed by atoms with Crippen molar-refractivity contribution >= 4 is 0 Å². The van der Waals surface area contributed by atoms with E-state index < -0.39 is 0 Å². The molecule has 3 heteroatoms. The lowest BCUT2D eigenvalue weighted by Crippen LogP contribution is -2.33. The van der Waals surface area contributed by atoms with Gasteiger partial charge in [0, 0.05) is 16.7 Å². The maximum absolute atomic E-state index is 12.5. The highest BCUT2D eigenvalue weighted by Gasteiger charge is 2.29. The largest absolute Gasteiger partial charge is 0.298 e. The predicted molar refractivity (Wildman–Crippen MR) is 72.8 cm³/mol. The number of H-pyrrole nitrogens is 1. The molecule has 1 N–H and O–H groups in total. The van der Waals surface area contributed by atoms with E-state index in [0.29, 0.717) is 0 Å². The van der Waals surface area contributed by atoms with Crippen LogP contribution in [0.1, 0.15) is 72.6 Å². The summed E-state index contributed by atoms with van der Waals surface area (Å²) >= 11 is 0. The average molecular weight is 238 g/mol. The standard InChI is InChI=1S/C14H26N2O/c1-9(2)10-11(13(3,4)5)15-16(12(10)17)14(6,7)8/h9,15H,1-8H3. The Morgan fingerprint density at radius 2 is 1.53 bits per heavy atom. The van der Waals surface area contributed by atoms with Crippen LogP contribution in [0.2, 0.25) is 0 Å². The molecule has 0 saturated heterocycles. The summed E-state index contributed by atoms with van der Waals surface area (Å²) in [6.45, 7) is 16.7. The van der Waals surface area contributed by atoms with Gasteiger partial charge in [-0.05, 0) is 26.7 Å². The van der Waals surface area contributed by atoms with Crippen LogP contribution >= 0.6 is 0 Å². The van der Waals surface area contributed by atoms with Crippen LogP contribution in [0.5, 0.6) is 0 Å². The van der Waals surface area contributed by atoms with Crippen LogP contribution in [0.3, 0.4) is 0 Å². The van der Waals surface area contributed by atoms with Gasteiger partial charge in [-0.25, -0.2) is 4.68 Å². The van der Waals surface area contributed by atoms with E-state index in [9.17, 15) is 4.79 Å². The molecule has 0 radical (unpaired) electrons. The van der Waals surface area contributed by atoms with Gasteiger partial charge in [0.05, 0.1) is 5.54 Å². The van der Waals surface area contributed by atoms with Crippen molar-refractivity contribution in [1.82, 2.24) is 9.78 Å². The van der Waals surface area contributed by atoms with E-state index in [1.165, 1.54) is 0 Å². The van der Waals surface area contributed by atoms with Crippen LogP contribution in [0, 0.1) is 0 Å². The van der Waals surface area contributed by atoms with Crippen LogP contribution in [0.15, 0.2) is 4.79 Å². The second-order valence-electron chi connectivity index (χ2n) is 7.12. The van der Waals surface area contributed by atoms with Crippen LogP contribution in [-0.2, 0) is 11.0 Å². The first-order chi connectivity index (χ1) is 7.46. The fourth-order valence-electron chi connectivity index (χ4n) is 2.03. The zero-order chi connectivity index (χ0) is 13.6. The van der Waals surface area contributed by atoms with Crippen LogP contribution in [-0.4, -0.2) is 9.78 Å². The van der Waals surface area contributed by atoms with Gasteiger partial charge in [0.2, 0.25) is 0 Å². The van der Waals surface area contributed by atoms with Gasteiger partial charge >= 0.3 is 0 Å². The zero-order valence-corrected chi connectivity index (χ0v) is 12.4. The summed E-state index contributed by atoms with van der Waals surface area (Å²) in [5.41, 5.74) is 1.87. The lowest BCUT2D eigenvalue weighted by molar-refractivity contribution is 0.339. The summed E-state index contributed by atoms with van der Waals surface area (Å²) in [4.78, 5) is 12.5. The Morgan fingerprint density at radius 1 is 1.06 bits per heavy atom. The van der Waals surface area contributed by atoms with Gasteiger partial charge in [0.1, 0.15) is 0 Å². The predicted octanol–water partition coefficient (Wildman–Crippen LogP) is 3.35. The van der Waals surface area contributed by atoms with Crippen molar-refractivity contribution in [3.8, 4) is 0 Å². The molecule has 1 heterocycles. The van der Waals surface area contributed by atoms with Gasteiger partial charge < -0.3 is 0 Å². The van der Waals surface area contributed by atoms with Crippen molar-refractivity contribution < 1.29 is 0 Å². The molecule has 0 aliphatic rings. The molecule has 0 amide bonds. The minimum atomic E-state index is -0.204. The second kappa shape index (κ2) is 4.04. The van der Waals surface area contributed by atoms with E-state index in [4.69, 9.17) is 0 Å². The maximum atomic E-state index is 12.5. The van der Waals surface area contributed by atoms with E-state index >= 15 is 0 Å². The van der Waals surface area contributed by atoms with Gasteiger partial charge in [-0.1, -0.05) is 34.6 Å². The lowest BCUT2D eigenvalue weighted by atomic mass is 9.86. The van der Waals surface area contributed by atoms with Gasteiger partial charge in [0.15, 0.2) is 0 Å². The number of hydrogen-bond donors (Lipinski definition) is 1. The number of rotatable bonds is 1. The van der Waals surface area contributed by atoms with E-state index in [-0.39, 0.29) is 22.4 Å². The van der Waals surface area contributed by atoms with Crippen molar-refractivity contribution in [2.24, 2.45) is 0 Å². The highest BCUT2D eigenvalue weighted by Crippen LogP contribution is 2.28. The maximum Gasteiger partial charge on any atom is 0.270 e. The number of aromatic amines is 1. The Kier molecular flexibility index (Phi) is 3.34. The molecule has 1 aromatic heterocycles. The smallest absolute Gasteiger partial charge is 0.270 e. The van der Waals surface area contributed by atoms with E-state index in [1.807, 2.05) is 20.8 Å². The quantitative estimate of drug-likeness (QED) is 0.800.